The summed E-state index contributed by atoms with van der Waals surface area (Å²) in [5.41, 5.74) is 5.55. The summed E-state index contributed by atoms with van der Waals surface area (Å²) >= 11 is 0. The first kappa shape index (κ1) is 13.4. The van der Waals surface area contributed by atoms with Gasteiger partial charge in [-0.25, -0.2) is 8.42 Å². The lowest BCUT2D eigenvalue weighted by Crippen LogP contribution is -2.42. The Labute approximate surface area is 85.2 Å². The number of sulfone groups is 1. The number of carbonyl (C=O) groups is 1. The Kier molecular flexibility index (Phi) is 5.07. The smallest absolute Gasteiger partial charge is 0.239 e. The van der Waals surface area contributed by atoms with E-state index < -0.39 is 15.9 Å². The van der Waals surface area contributed by atoms with Crippen molar-refractivity contribution in [2.75, 3.05) is 25.6 Å². The number of amides is 1. The third kappa shape index (κ3) is 5.18. The maximum absolute atomic E-state index is 11.4. The molecule has 0 unspecified atom stereocenters. The van der Waals surface area contributed by atoms with Gasteiger partial charge >= 0.3 is 0 Å². The Hall–Kier alpha value is -0.620. The highest BCUT2D eigenvalue weighted by molar-refractivity contribution is 7.90. The molecular formula is C8H18N2O3S. The second-order valence-electron chi connectivity index (χ2n) is 3.38. The third-order valence-electron chi connectivity index (χ3n) is 1.97. The normalized spacial score (nSPS) is 13.7. The highest BCUT2D eigenvalue weighted by Gasteiger charge is 2.18. The molecule has 0 aromatic heterocycles. The summed E-state index contributed by atoms with van der Waals surface area (Å²) in [4.78, 5) is 12.9. The molecule has 0 aromatic carbocycles. The second-order valence-corrected chi connectivity index (χ2v) is 5.64. The lowest BCUT2D eigenvalue weighted by Gasteiger charge is -2.19. The van der Waals surface area contributed by atoms with Crippen molar-refractivity contribution in [1.29, 1.82) is 0 Å². The lowest BCUT2D eigenvalue weighted by atomic mass is 10.2. The summed E-state index contributed by atoms with van der Waals surface area (Å²) in [7, 11) is -1.39. The van der Waals surface area contributed by atoms with Gasteiger partial charge in [0.05, 0.1) is 11.8 Å². The van der Waals surface area contributed by atoms with Gasteiger partial charge in [-0.05, 0) is 13.3 Å². The minimum absolute atomic E-state index is 0.0442. The molecule has 5 nitrogen and oxygen atoms in total. The molecule has 0 fully saturated rings. The molecule has 0 rings (SSSR count). The van der Waals surface area contributed by atoms with Crippen LogP contribution in [0.1, 0.15) is 13.3 Å². The third-order valence-corrected chi connectivity index (χ3v) is 2.94. The molecule has 14 heavy (non-hydrogen) atoms. The van der Waals surface area contributed by atoms with Gasteiger partial charge in [0.2, 0.25) is 5.91 Å². The van der Waals surface area contributed by atoms with Crippen molar-refractivity contribution in [3.63, 3.8) is 0 Å². The van der Waals surface area contributed by atoms with E-state index in [1.54, 1.807) is 7.05 Å². The topological polar surface area (TPSA) is 80.5 Å². The zero-order chi connectivity index (χ0) is 11.4. The zero-order valence-corrected chi connectivity index (χ0v) is 9.67. The molecule has 1 amide bonds. The molecule has 0 saturated carbocycles. The molecule has 2 N–H and O–H groups in total. The van der Waals surface area contributed by atoms with Crippen LogP contribution in [0.3, 0.4) is 0 Å². The van der Waals surface area contributed by atoms with E-state index in [1.807, 2.05) is 6.92 Å². The van der Waals surface area contributed by atoms with Gasteiger partial charge in [-0.3, -0.25) is 4.79 Å². The molecule has 0 aromatic rings. The first-order valence-electron chi connectivity index (χ1n) is 4.46. The Morgan fingerprint density at radius 2 is 2.00 bits per heavy atom. The fourth-order valence-electron chi connectivity index (χ4n) is 0.903. The van der Waals surface area contributed by atoms with Crippen molar-refractivity contribution in [2.45, 2.75) is 19.4 Å². The average Bonchev–Trinajstić information content (AvgIpc) is 2.10. The number of hydrogen-bond donors (Lipinski definition) is 1. The number of likely N-dealkylation sites (N-methyl/N-ethyl adjacent to an activating group) is 1. The zero-order valence-electron chi connectivity index (χ0n) is 8.86. The molecule has 0 saturated heterocycles. The Morgan fingerprint density at radius 3 is 2.36 bits per heavy atom. The molecular weight excluding hydrogens is 204 g/mol. The Balaban J connectivity index is 4.09. The van der Waals surface area contributed by atoms with E-state index in [1.165, 1.54) is 4.90 Å². The van der Waals surface area contributed by atoms with E-state index in [9.17, 15) is 13.2 Å². The summed E-state index contributed by atoms with van der Waals surface area (Å²) in [5.74, 6) is -0.256. The number of nitrogens with two attached hydrogens (primary N) is 1. The van der Waals surface area contributed by atoms with E-state index in [-0.39, 0.29) is 18.1 Å². The van der Waals surface area contributed by atoms with Gasteiger partial charge < -0.3 is 10.6 Å². The van der Waals surface area contributed by atoms with E-state index in [0.29, 0.717) is 6.54 Å². The van der Waals surface area contributed by atoms with Crippen molar-refractivity contribution in [3.05, 3.63) is 0 Å². The maximum Gasteiger partial charge on any atom is 0.239 e. The maximum atomic E-state index is 11.4. The van der Waals surface area contributed by atoms with Crippen LogP contribution in [0, 0.1) is 0 Å². The van der Waals surface area contributed by atoms with Gasteiger partial charge in [0, 0.05) is 19.8 Å². The summed E-state index contributed by atoms with van der Waals surface area (Å²) in [6.07, 6.45) is 1.32. The molecule has 1 atom stereocenters. The van der Waals surface area contributed by atoms with Crippen molar-refractivity contribution >= 4 is 15.7 Å². The second kappa shape index (κ2) is 5.31. The summed E-state index contributed by atoms with van der Waals surface area (Å²) in [6.45, 7) is 2.41. The minimum atomic E-state index is -3.04. The van der Waals surface area contributed by atoms with Gasteiger partial charge in [-0.15, -0.1) is 0 Å². The Morgan fingerprint density at radius 1 is 1.50 bits per heavy atom. The minimum Gasteiger partial charge on any atom is -0.345 e. The van der Waals surface area contributed by atoms with Crippen LogP contribution >= 0.6 is 0 Å². The quantitative estimate of drug-likeness (QED) is 0.662. The van der Waals surface area contributed by atoms with Gasteiger partial charge in [0.15, 0.2) is 0 Å². The molecule has 0 aliphatic carbocycles. The molecule has 0 heterocycles. The van der Waals surface area contributed by atoms with Crippen molar-refractivity contribution < 1.29 is 13.2 Å². The van der Waals surface area contributed by atoms with Crippen LogP contribution in [0.25, 0.3) is 0 Å². The highest BCUT2D eigenvalue weighted by Crippen LogP contribution is 1.97. The first-order valence-corrected chi connectivity index (χ1v) is 6.52. The first-order chi connectivity index (χ1) is 6.28. The van der Waals surface area contributed by atoms with Crippen LogP contribution in [-0.4, -0.2) is 50.9 Å². The van der Waals surface area contributed by atoms with Gasteiger partial charge in [0.1, 0.15) is 9.84 Å². The summed E-state index contributed by atoms with van der Waals surface area (Å²) in [5, 5.41) is 0. The van der Waals surface area contributed by atoms with Crippen LogP contribution in [0.2, 0.25) is 0 Å². The van der Waals surface area contributed by atoms with Gasteiger partial charge in [0.25, 0.3) is 0 Å². The molecule has 84 valence electrons. The van der Waals surface area contributed by atoms with Crippen LogP contribution < -0.4 is 5.73 Å². The fourth-order valence-corrected chi connectivity index (χ4v) is 1.59. The van der Waals surface area contributed by atoms with Crippen LogP contribution in [0.4, 0.5) is 0 Å². The Bertz CT molecular complexity index is 287. The van der Waals surface area contributed by atoms with Crippen LogP contribution in [0.15, 0.2) is 0 Å². The summed E-state index contributed by atoms with van der Waals surface area (Å²) < 4.78 is 21.6. The predicted molar refractivity (Wildman–Crippen MR) is 55.6 cm³/mol. The van der Waals surface area contributed by atoms with E-state index in [0.717, 1.165) is 6.26 Å². The van der Waals surface area contributed by atoms with Crippen molar-refractivity contribution in [3.8, 4) is 0 Å². The average molecular weight is 222 g/mol. The van der Waals surface area contributed by atoms with Gasteiger partial charge in [-0.2, -0.15) is 0 Å². The molecule has 0 radical (unpaired) electrons. The molecule has 0 aliphatic rings. The summed E-state index contributed by atoms with van der Waals surface area (Å²) in [6, 6.07) is -0.713. The molecule has 0 bridgehead atoms. The molecule has 6 heteroatoms. The van der Waals surface area contributed by atoms with E-state index in [2.05, 4.69) is 0 Å². The number of hydrogen-bond acceptors (Lipinski definition) is 4. The largest absolute Gasteiger partial charge is 0.345 e. The van der Waals surface area contributed by atoms with E-state index >= 15 is 0 Å². The lowest BCUT2D eigenvalue weighted by molar-refractivity contribution is -0.131. The van der Waals surface area contributed by atoms with Crippen LogP contribution in [0.5, 0.6) is 0 Å². The van der Waals surface area contributed by atoms with Crippen molar-refractivity contribution in [2.24, 2.45) is 5.73 Å². The van der Waals surface area contributed by atoms with Gasteiger partial charge in [-0.1, -0.05) is 0 Å². The fraction of sp³-hybridized carbons (Fsp3) is 0.875. The molecule has 0 aliphatic heterocycles. The molecule has 0 spiro atoms. The number of rotatable bonds is 5. The predicted octanol–water partition coefficient (Wildman–Crippen LogP) is -0.773. The monoisotopic (exact) mass is 222 g/mol. The number of nitrogens with zero attached hydrogens (tertiary/aromatic N) is 1. The number of carbonyl (C=O) groups excluding carboxylic acids is 1. The van der Waals surface area contributed by atoms with Crippen molar-refractivity contribution in [1.82, 2.24) is 4.90 Å². The SMILES string of the molecule is CCN(C)C(=O)[C@@H](N)CCS(C)(=O)=O. The van der Waals surface area contributed by atoms with E-state index in [4.69, 9.17) is 5.73 Å². The standard InChI is InChI=1S/C8H18N2O3S/c1-4-10(2)8(11)7(9)5-6-14(3,12)13/h7H,4-6,9H2,1-3H3/t7-/m0/s1. The van der Waals surface area contributed by atoms with Crippen LogP contribution in [-0.2, 0) is 14.6 Å². The highest BCUT2D eigenvalue weighted by atomic mass is 32.2.